The van der Waals surface area contributed by atoms with Crippen LogP contribution in [0.5, 0.6) is 0 Å². The summed E-state index contributed by atoms with van der Waals surface area (Å²) in [5.74, 6) is -1.69. The van der Waals surface area contributed by atoms with Crippen molar-refractivity contribution in [2.24, 2.45) is 16.5 Å². The molecule has 1 rings (SSSR count). The number of nitrogens with two attached hydrogens (primary N) is 2. The number of aliphatic carboxylic acids is 1. The summed E-state index contributed by atoms with van der Waals surface area (Å²) in [4.78, 5) is 27.5. The topological polar surface area (TPSA) is 134 Å². The van der Waals surface area contributed by atoms with Crippen LogP contribution in [-0.4, -0.2) is 51.6 Å². The first-order valence-electron chi connectivity index (χ1n) is 5.29. The van der Waals surface area contributed by atoms with Crippen LogP contribution in [0.2, 0.25) is 0 Å². The minimum absolute atomic E-state index is 0.0802. The molecule has 0 aromatic heterocycles. The van der Waals surface area contributed by atoms with Gasteiger partial charge in [-0.05, 0) is 18.6 Å². The number of carboxylic acids is 1. The number of carboxylic acid groups (broad SMARTS) is 1. The molecule has 0 aromatic rings. The Balaban J connectivity index is 2.87. The summed E-state index contributed by atoms with van der Waals surface area (Å²) in [6, 6.07) is -1.19. The molecule has 18 heavy (non-hydrogen) atoms. The summed E-state index contributed by atoms with van der Waals surface area (Å²) in [6.07, 6.45) is 0.519. The number of carbonyl (C=O) groups is 2. The molecule has 8 nitrogen and oxygen atoms in total. The molecule has 0 saturated carbocycles. The lowest BCUT2D eigenvalue weighted by Gasteiger charge is -2.16. The van der Waals surface area contributed by atoms with Gasteiger partial charge in [-0.2, -0.15) is 0 Å². The van der Waals surface area contributed by atoms with E-state index in [1.54, 1.807) is 0 Å². The third-order valence-corrected chi connectivity index (χ3v) is 2.81. The highest BCUT2D eigenvalue weighted by Crippen LogP contribution is 2.14. The number of nitrogens with zero attached hydrogens (tertiary/aromatic N) is 2. The second kappa shape index (κ2) is 5.63. The molecule has 1 aliphatic heterocycles. The van der Waals surface area contributed by atoms with Gasteiger partial charge in [0.25, 0.3) is 5.91 Å². The zero-order valence-corrected chi connectivity index (χ0v) is 10.6. The van der Waals surface area contributed by atoms with Gasteiger partial charge in [0.1, 0.15) is 12.6 Å². The summed E-state index contributed by atoms with van der Waals surface area (Å²) in [5, 5.41) is 11.5. The maximum Gasteiger partial charge on any atom is 0.323 e. The zero-order chi connectivity index (χ0) is 13.9. The van der Waals surface area contributed by atoms with Crippen LogP contribution < -0.4 is 16.8 Å². The maximum absolute atomic E-state index is 12.0. The third kappa shape index (κ3) is 3.06. The fraction of sp³-hybridized carbons (Fsp3) is 0.556. The summed E-state index contributed by atoms with van der Waals surface area (Å²) in [7, 11) is 0. The highest BCUT2D eigenvalue weighted by atomic mass is 32.1. The monoisotopic (exact) mass is 273 g/mol. The third-order valence-electron chi connectivity index (χ3n) is 2.47. The van der Waals surface area contributed by atoms with Gasteiger partial charge in [-0.25, -0.2) is 4.99 Å². The molecule has 6 N–H and O–H groups in total. The number of rotatable bonds is 5. The zero-order valence-electron chi connectivity index (χ0n) is 9.79. The van der Waals surface area contributed by atoms with Crippen molar-refractivity contribution >= 4 is 35.2 Å². The van der Waals surface area contributed by atoms with Crippen LogP contribution in [0.25, 0.3) is 0 Å². The summed E-state index contributed by atoms with van der Waals surface area (Å²) >= 11 is 4.91. The van der Waals surface area contributed by atoms with E-state index in [-0.39, 0.29) is 11.1 Å². The molecule has 1 saturated heterocycles. The second-order valence-corrected chi connectivity index (χ2v) is 4.16. The van der Waals surface area contributed by atoms with Crippen molar-refractivity contribution in [1.29, 1.82) is 0 Å². The quantitative estimate of drug-likeness (QED) is 0.264. The normalized spacial score (nSPS) is 20.5. The first-order valence-corrected chi connectivity index (χ1v) is 5.70. The van der Waals surface area contributed by atoms with Crippen LogP contribution in [-0.2, 0) is 9.59 Å². The number of amides is 1. The molecule has 0 aliphatic carbocycles. The maximum atomic E-state index is 12.0. The van der Waals surface area contributed by atoms with Crippen molar-refractivity contribution in [2.45, 2.75) is 25.4 Å². The Labute approximate surface area is 109 Å². The molecule has 2 atom stereocenters. The van der Waals surface area contributed by atoms with E-state index in [0.717, 1.165) is 4.90 Å². The minimum Gasteiger partial charge on any atom is -0.480 e. The molecule has 0 aromatic carbocycles. The molecule has 1 unspecified atom stereocenters. The molecular formula is C9H15N5O3S. The fourth-order valence-electron chi connectivity index (χ4n) is 1.68. The number of guanidine groups is 1. The first-order chi connectivity index (χ1) is 8.36. The number of nitrogens with one attached hydrogen (secondary N) is 1. The summed E-state index contributed by atoms with van der Waals surface area (Å²) in [6.45, 7) is 1.34. The Morgan fingerprint density at radius 1 is 1.67 bits per heavy atom. The highest BCUT2D eigenvalue weighted by Gasteiger charge is 2.40. The van der Waals surface area contributed by atoms with E-state index < -0.39 is 30.5 Å². The number of carbonyl (C=O) groups excluding carboxylic acids is 1. The Morgan fingerprint density at radius 3 is 2.72 bits per heavy atom. The molecule has 100 valence electrons. The summed E-state index contributed by atoms with van der Waals surface area (Å²) < 4.78 is 0. The molecule has 1 amide bonds. The SMILES string of the molecule is CC[C@H](N=C(N)N)C1NC(=S)N(CC(=O)O)C1=O. The number of hydrogen-bond acceptors (Lipinski definition) is 4. The molecular weight excluding hydrogens is 258 g/mol. The highest BCUT2D eigenvalue weighted by molar-refractivity contribution is 7.80. The minimum atomic E-state index is -1.14. The number of aliphatic imine (C=N–C) groups is 1. The van der Waals surface area contributed by atoms with Crippen molar-refractivity contribution in [3.8, 4) is 0 Å². The van der Waals surface area contributed by atoms with Crippen molar-refractivity contribution < 1.29 is 14.7 Å². The predicted molar refractivity (Wildman–Crippen MR) is 68.8 cm³/mol. The van der Waals surface area contributed by atoms with Gasteiger partial charge in [0.15, 0.2) is 11.1 Å². The molecule has 0 radical (unpaired) electrons. The Morgan fingerprint density at radius 2 is 2.28 bits per heavy atom. The average molecular weight is 273 g/mol. The van der Waals surface area contributed by atoms with Crippen LogP contribution in [0.3, 0.4) is 0 Å². The largest absolute Gasteiger partial charge is 0.480 e. The van der Waals surface area contributed by atoms with Gasteiger partial charge in [0.05, 0.1) is 6.04 Å². The lowest BCUT2D eigenvalue weighted by molar-refractivity contribution is -0.141. The van der Waals surface area contributed by atoms with Crippen LogP contribution in [0.1, 0.15) is 13.3 Å². The van der Waals surface area contributed by atoms with E-state index in [0.29, 0.717) is 6.42 Å². The number of hydrogen-bond donors (Lipinski definition) is 4. The van der Waals surface area contributed by atoms with E-state index in [1.165, 1.54) is 0 Å². The van der Waals surface area contributed by atoms with Crippen molar-refractivity contribution in [1.82, 2.24) is 10.2 Å². The van der Waals surface area contributed by atoms with E-state index in [2.05, 4.69) is 10.3 Å². The van der Waals surface area contributed by atoms with Crippen LogP contribution in [0.4, 0.5) is 0 Å². The van der Waals surface area contributed by atoms with Gasteiger partial charge in [0, 0.05) is 0 Å². The molecule has 0 spiro atoms. The lowest BCUT2D eigenvalue weighted by atomic mass is 10.1. The molecule has 0 bridgehead atoms. The predicted octanol–water partition coefficient (Wildman–Crippen LogP) is -1.79. The standard InChI is InChI=1S/C9H15N5O3S/c1-2-4(12-8(10)11)6-7(17)14(3-5(15)16)9(18)13-6/h4,6H,2-3H2,1H3,(H,13,18)(H,15,16)(H4,10,11,12)/t4-,6?/m0/s1. The van der Waals surface area contributed by atoms with E-state index >= 15 is 0 Å². The van der Waals surface area contributed by atoms with E-state index in [9.17, 15) is 9.59 Å². The summed E-state index contributed by atoms with van der Waals surface area (Å²) in [5.41, 5.74) is 10.6. The van der Waals surface area contributed by atoms with Crippen molar-refractivity contribution in [3.63, 3.8) is 0 Å². The Bertz CT molecular complexity index is 407. The Kier molecular flexibility index (Phi) is 4.43. The van der Waals surface area contributed by atoms with Gasteiger partial charge in [0.2, 0.25) is 0 Å². The van der Waals surface area contributed by atoms with E-state index in [4.69, 9.17) is 28.8 Å². The van der Waals surface area contributed by atoms with E-state index in [1.807, 2.05) is 6.92 Å². The smallest absolute Gasteiger partial charge is 0.323 e. The van der Waals surface area contributed by atoms with Gasteiger partial charge in [-0.15, -0.1) is 0 Å². The van der Waals surface area contributed by atoms with Gasteiger partial charge in [-0.3, -0.25) is 14.5 Å². The molecule has 1 aliphatic rings. The van der Waals surface area contributed by atoms with Gasteiger partial charge < -0.3 is 21.9 Å². The molecule has 1 heterocycles. The van der Waals surface area contributed by atoms with Crippen molar-refractivity contribution in [2.75, 3.05) is 6.54 Å². The lowest BCUT2D eigenvalue weighted by Crippen LogP contribution is -2.42. The first kappa shape index (κ1) is 14.2. The molecule has 9 heteroatoms. The van der Waals surface area contributed by atoms with Gasteiger partial charge >= 0.3 is 5.97 Å². The van der Waals surface area contributed by atoms with Crippen LogP contribution >= 0.6 is 12.2 Å². The second-order valence-electron chi connectivity index (χ2n) is 3.77. The van der Waals surface area contributed by atoms with Crippen molar-refractivity contribution in [3.05, 3.63) is 0 Å². The molecule has 1 fully saturated rings. The average Bonchev–Trinajstić information content (AvgIpc) is 2.53. The Hall–Kier alpha value is -1.90. The van der Waals surface area contributed by atoms with Gasteiger partial charge in [-0.1, -0.05) is 6.92 Å². The van der Waals surface area contributed by atoms with Crippen LogP contribution in [0, 0.1) is 0 Å². The number of thiocarbonyl (C=S) groups is 1. The fourth-order valence-corrected chi connectivity index (χ4v) is 1.96. The van der Waals surface area contributed by atoms with Crippen LogP contribution in [0.15, 0.2) is 4.99 Å².